The third kappa shape index (κ3) is 3.37. The van der Waals surface area contributed by atoms with Crippen molar-refractivity contribution in [3.8, 4) is 11.3 Å². The van der Waals surface area contributed by atoms with Gasteiger partial charge in [-0.3, -0.25) is 14.4 Å². The number of H-pyrrole nitrogens is 2. The predicted molar refractivity (Wildman–Crippen MR) is 115 cm³/mol. The Morgan fingerprint density at radius 3 is 2.90 bits per heavy atom. The summed E-state index contributed by atoms with van der Waals surface area (Å²) in [7, 11) is 0. The number of fused-ring (bicyclic) bond motifs is 3. The van der Waals surface area contributed by atoms with Gasteiger partial charge in [-0.05, 0) is 37.0 Å². The minimum Gasteiger partial charge on any atom is -0.481 e. The molecule has 1 saturated carbocycles. The molecule has 0 unspecified atom stereocenters. The molecule has 0 spiro atoms. The number of nitrogens with zero attached hydrogens (tertiary/aromatic N) is 1. The number of aromatic nitrogens is 3. The van der Waals surface area contributed by atoms with E-state index in [2.05, 4.69) is 20.3 Å². The fourth-order valence-corrected chi connectivity index (χ4v) is 4.33. The minimum absolute atomic E-state index is 0.0168. The fraction of sp³-hybridized carbons (Fsp3) is 0.238. The van der Waals surface area contributed by atoms with Crippen LogP contribution in [0.2, 0.25) is 0 Å². The molecule has 0 aliphatic heterocycles. The van der Waals surface area contributed by atoms with Crippen LogP contribution in [-0.2, 0) is 16.0 Å². The van der Waals surface area contributed by atoms with E-state index in [-0.39, 0.29) is 23.8 Å². The first-order chi connectivity index (χ1) is 14.5. The van der Waals surface area contributed by atoms with Crippen molar-refractivity contribution in [1.29, 1.82) is 0 Å². The molecular weight excluding hydrogens is 404 g/mol. The van der Waals surface area contributed by atoms with E-state index in [1.54, 1.807) is 6.20 Å². The zero-order chi connectivity index (χ0) is 20.8. The molecule has 4 N–H and O–H groups in total. The lowest BCUT2D eigenvalue weighted by Crippen LogP contribution is -2.12. The number of hydrogen-bond donors (Lipinski definition) is 4. The quantitative estimate of drug-likeness (QED) is 0.378. The summed E-state index contributed by atoms with van der Waals surface area (Å²) >= 11 is 1.37. The smallest absolute Gasteiger partial charge is 0.303 e. The molecule has 3 heterocycles. The lowest BCUT2D eigenvalue weighted by atomic mass is 10.0. The third-order valence-electron chi connectivity index (χ3n) is 5.31. The fourth-order valence-electron chi connectivity index (χ4n) is 3.61. The molecule has 1 amide bonds. The molecular formula is C21H18N4O4S. The molecule has 0 atom stereocenters. The van der Waals surface area contributed by atoms with Gasteiger partial charge < -0.3 is 20.4 Å². The van der Waals surface area contributed by atoms with Crippen molar-refractivity contribution in [2.24, 2.45) is 5.92 Å². The van der Waals surface area contributed by atoms with Crippen molar-refractivity contribution in [3.05, 3.63) is 45.7 Å². The average molecular weight is 422 g/mol. The summed E-state index contributed by atoms with van der Waals surface area (Å²) in [6, 6.07) is 5.63. The summed E-state index contributed by atoms with van der Waals surface area (Å²) in [6.07, 6.45) is 3.88. The van der Waals surface area contributed by atoms with Crippen LogP contribution in [0, 0.1) is 5.92 Å². The van der Waals surface area contributed by atoms with Gasteiger partial charge in [0.15, 0.2) is 5.13 Å². The summed E-state index contributed by atoms with van der Waals surface area (Å²) < 4.78 is 0. The molecule has 152 valence electrons. The normalized spacial score (nSPS) is 13.7. The van der Waals surface area contributed by atoms with Gasteiger partial charge in [-0.2, -0.15) is 0 Å². The number of carboxylic acid groups (broad SMARTS) is 1. The Morgan fingerprint density at radius 2 is 2.13 bits per heavy atom. The van der Waals surface area contributed by atoms with Crippen molar-refractivity contribution in [2.45, 2.75) is 25.7 Å². The van der Waals surface area contributed by atoms with Crippen molar-refractivity contribution in [2.75, 3.05) is 5.32 Å². The lowest BCUT2D eigenvalue weighted by molar-refractivity contribution is -0.137. The molecule has 8 nitrogen and oxygen atoms in total. The number of hydrogen-bond acceptors (Lipinski definition) is 5. The molecule has 0 radical (unpaired) electrons. The van der Waals surface area contributed by atoms with E-state index in [9.17, 15) is 14.4 Å². The standard InChI is InChI=1S/C21H18N4O4S/c26-16(27)6-4-12-8-22-18-17(12)13-7-11(3-5-14(13)23-20(18)29)15-9-30-21(24-15)25-19(28)10-1-2-10/h3,5,7-10,22H,1-2,4,6H2,(H,23,29)(H,26,27)(H,24,25,28). The Kier molecular flexibility index (Phi) is 4.39. The van der Waals surface area contributed by atoms with Crippen LogP contribution < -0.4 is 10.9 Å². The Labute approximate surface area is 174 Å². The van der Waals surface area contributed by atoms with Gasteiger partial charge in [-0.1, -0.05) is 6.07 Å². The number of nitrogens with one attached hydrogen (secondary N) is 3. The summed E-state index contributed by atoms with van der Waals surface area (Å²) in [5.41, 5.74) is 3.22. The van der Waals surface area contributed by atoms with Crippen LogP contribution in [0.25, 0.3) is 33.1 Å². The molecule has 5 rings (SSSR count). The van der Waals surface area contributed by atoms with Gasteiger partial charge in [0, 0.05) is 45.8 Å². The molecule has 1 aliphatic rings. The van der Waals surface area contributed by atoms with Crippen LogP contribution in [0.4, 0.5) is 5.13 Å². The number of rotatable bonds is 6. The van der Waals surface area contributed by atoms with Crippen LogP contribution in [0.1, 0.15) is 24.8 Å². The van der Waals surface area contributed by atoms with Crippen molar-refractivity contribution in [1.82, 2.24) is 15.0 Å². The molecule has 0 saturated heterocycles. The number of benzene rings is 1. The van der Waals surface area contributed by atoms with E-state index in [1.165, 1.54) is 11.3 Å². The molecule has 4 aromatic rings. The first-order valence-corrected chi connectivity index (χ1v) is 10.5. The SMILES string of the molecule is O=C(O)CCc1c[nH]c2c(=O)[nH]c3ccc(-c4csc(NC(=O)C5CC5)n4)cc3c12. The zero-order valence-corrected chi connectivity index (χ0v) is 16.6. The molecule has 1 fully saturated rings. The van der Waals surface area contributed by atoms with Gasteiger partial charge >= 0.3 is 5.97 Å². The first kappa shape index (κ1) is 18.6. The number of carbonyl (C=O) groups excluding carboxylic acids is 1. The largest absolute Gasteiger partial charge is 0.481 e. The van der Waals surface area contributed by atoms with Gasteiger partial charge in [-0.15, -0.1) is 11.3 Å². The molecule has 3 aromatic heterocycles. The predicted octanol–water partition coefficient (Wildman–Crippen LogP) is 3.50. The summed E-state index contributed by atoms with van der Waals surface area (Å²) in [6.45, 7) is 0. The number of pyridine rings is 1. The van der Waals surface area contributed by atoms with Gasteiger partial charge in [0.25, 0.3) is 5.56 Å². The first-order valence-electron chi connectivity index (χ1n) is 9.64. The van der Waals surface area contributed by atoms with Crippen LogP contribution in [0.5, 0.6) is 0 Å². The van der Waals surface area contributed by atoms with Gasteiger partial charge in [-0.25, -0.2) is 4.98 Å². The molecule has 9 heteroatoms. The lowest BCUT2D eigenvalue weighted by Gasteiger charge is -2.05. The third-order valence-corrected chi connectivity index (χ3v) is 6.07. The van der Waals surface area contributed by atoms with Crippen molar-refractivity contribution >= 4 is 50.2 Å². The summed E-state index contributed by atoms with van der Waals surface area (Å²) in [5, 5.41) is 15.9. The van der Waals surface area contributed by atoms with Crippen molar-refractivity contribution in [3.63, 3.8) is 0 Å². The number of aryl methyl sites for hydroxylation is 1. The highest BCUT2D eigenvalue weighted by Gasteiger charge is 2.30. The van der Waals surface area contributed by atoms with E-state index in [0.717, 1.165) is 40.4 Å². The maximum Gasteiger partial charge on any atom is 0.303 e. The number of anilines is 1. The van der Waals surface area contributed by atoms with Crippen LogP contribution in [-0.4, -0.2) is 31.9 Å². The Hall–Kier alpha value is -3.46. The van der Waals surface area contributed by atoms with Crippen LogP contribution >= 0.6 is 11.3 Å². The highest BCUT2D eigenvalue weighted by molar-refractivity contribution is 7.14. The molecule has 1 aliphatic carbocycles. The topological polar surface area (TPSA) is 128 Å². The Balaban J connectivity index is 1.56. The van der Waals surface area contributed by atoms with E-state index in [4.69, 9.17) is 5.11 Å². The van der Waals surface area contributed by atoms with Gasteiger partial charge in [0.2, 0.25) is 5.91 Å². The second-order valence-electron chi connectivity index (χ2n) is 7.47. The number of amides is 1. The van der Waals surface area contributed by atoms with Crippen molar-refractivity contribution < 1.29 is 14.7 Å². The number of aromatic amines is 2. The van der Waals surface area contributed by atoms with E-state index in [0.29, 0.717) is 22.6 Å². The van der Waals surface area contributed by atoms with Crippen LogP contribution in [0.15, 0.2) is 34.6 Å². The highest BCUT2D eigenvalue weighted by Crippen LogP contribution is 2.33. The summed E-state index contributed by atoms with van der Waals surface area (Å²) in [5.74, 6) is -0.757. The maximum absolute atomic E-state index is 12.4. The second kappa shape index (κ2) is 7.10. The highest BCUT2D eigenvalue weighted by atomic mass is 32.1. The summed E-state index contributed by atoms with van der Waals surface area (Å²) in [4.78, 5) is 45.8. The number of carbonyl (C=O) groups is 2. The second-order valence-corrected chi connectivity index (χ2v) is 8.33. The number of thiazole rings is 1. The molecule has 0 bridgehead atoms. The molecule has 30 heavy (non-hydrogen) atoms. The molecule has 1 aromatic carbocycles. The zero-order valence-electron chi connectivity index (χ0n) is 15.8. The Morgan fingerprint density at radius 1 is 1.30 bits per heavy atom. The van der Waals surface area contributed by atoms with Gasteiger partial charge in [0.1, 0.15) is 5.52 Å². The van der Waals surface area contributed by atoms with E-state index >= 15 is 0 Å². The average Bonchev–Trinajstić information content (AvgIpc) is 3.32. The maximum atomic E-state index is 12.4. The van der Waals surface area contributed by atoms with Crippen LogP contribution in [0.3, 0.4) is 0 Å². The number of aliphatic carboxylic acids is 1. The number of carboxylic acids is 1. The van der Waals surface area contributed by atoms with E-state index in [1.807, 2.05) is 23.6 Å². The Bertz CT molecular complexity index is 1360. The monoisotopic (exact) mass is 422 g/mol. The van der Waals surface area contributed by atoms with Gasteiger partial charge in [0.05, 0.1) is 5.69 Å². The minimum atomic E-state index is -0.887. The van der Waals surface area contributed by atoms with E-state index < -0.39 is 5.97 Å².